The molecule has 0 saturated heterocycles. The molecule has 1 aromatic carbocycles. The molecule has 1 rings (SSSR count). The molecule has 1 aromatic rings. The van der Waals surface area contributed by atoms with Gasteiger partial charge in [-0.2, -0.15) is 13.2 Å². The Hall–Kier alpha value is -0.770. The Morgan fingerprint density at radius 3 is 2.38 bits per heavy atom. The standard InChI is InChI=1S/C8H4ClF4/c1-4-6(10)3-2-5(7(4)9)8(11,12)13/h3H,1H3. The summed E-state index contributed by atoms with van der Waals surface area (Å²) in [4.78, 5) is 0. The molecule has 0 heterocycles. The predicted molar refractivity (Wildman–Crippen MR) is 40.0 cm³/mol. The molecular formula is C8H4ClF4. The fourth-order valence-electron chi connectivity index (χ4n) is 0.806. The lowest BCUT2D eigenvalue weighted by molar-refractivity contribution is -0.137. The first-order valence-corrected chi connectivity index (χ1v) is 3.65. The maximum atomic E-state index is 12.7. The van der Waals surface area contributed by atoms with Crippen molar-refractivity contribution in [3.63, 3.8) is 0 Å². The van der Waals surface area contributed by atoms with Crippen LogP contribution in [0.5, 0.6) is 0 Å². The number of rotatable bonds is 0. The minimum Gasteiger partial charge on any atom is -0.207 e. The molecule has 0 N–H and O–H groups in total. The Morgan fingerprint density at radius 2 is 1.92 bits per heavy atom. The van der Waals surface area contributed by atoms with Crippen molar-refractivity contribution in [2.75, 3.05) is 0 Å². The Labute approximate surface area is 77.1 Å². The minimum absolute atomic E-state index is 0.215. The van der Waals surface area contributed by atoms with Crippen LogP contribution in [0.4, 0.5) is 17.6 Å². The second-order valence-corrected chi connectivity index (χ2v) is 2.83. The van der Waals surface area contributed by atoms with Crippen LogP contribution in [0.1, 0.15) is 11.1 Å². The summed E-state index contributed by atoms with van der Waals surface area (Å²) < 4.78 is 49.0. The van der Waals surface area contributed by atoms with Crippen LogP contribution < -0.4 is 0 Å². The van der Waals surface area contributed by atoms with Crippen molar-refractivity contribution in [1.82, 2.24) is 0 Å². The van der Waals surface area contributed by atoms with E-state index in [1.165, 1.54) is 6.92 Å². The van der Waals surface area contributed by atoms with E-state index in [0.717, 1.165) is 0 Å². The fourth-order valence-corrected chi connectivity index (χ4v) is 1.06. The van der Waals surface area contributed by atoms with Gasteiger partial charge in [0.1, 0.15) is 5.82 Å². The van der Waals surface area contributed by atoms with Gasteiger partial charge in [-0.05, 0) is 19.1 Å². The van der Waals surface area contributed by atoms with Crippen molar-refractivity contribution in [2.24, 2.45) is 0 Å². The number of hydrogen-bond acceptors (Lipinski definition) is 0. The summed E-state index contributed by atoms with van der Waals surface area (Å²) in [6.45, 7) is 1.18. The number of alkyl halides is 3. The van der Waals surface area contributed by atoms with Gasteiger partial charge in [-0.3, -0.25) is 0 Å². The van der Waals surface area contributed by atoms with Gasteiger partial charge in [-0.25, -0.2) is 4.39 Å². The summed E-state index contributed by atoms with van der Waals surface area (Å²) in [6, 6.07) is 2.38. The van der Waals surface area contributed by atoms with Crippen molar-refractivity contribution >= 4 is 11.6 Å². The molecule has 1 radical (unpaired) electrons. The van der Waals surface area contributed by atoms with E-state index in [0.29, 0.717) is 6.07 Å². The lowest BCUT2D eigenvalue weighted by atomic mass is 10.1. The van der Waals surface area contributed by atoms with Gasteiger partial charge < -0.3 is 0 Å². The second-order valence-electron chi connectivity index (χ2n) is 2.45. The quantitative estimate of drug-likeness (QED) is 0.575. The second kappa shape index (κ2) is 3.18. The zero-order valence-electron chi connectivity index (χ0n) is 6.47. The van der Waals surface area contributed by atoms with Crippen molar-refractivity contribution in [2.45, 2.75) is 13.1 Å². The Kier molecular flexibility index (Phi) is 2.52. The van der Waals surface area contributed by atoms with E-state index in [-0.39, 0.29) is 5.56 Å². The van der Waals surface area contributed by atoms with E-state index in [1.807, 2.05) is 0 Å². The monoisotopic (exact) mass is 211 g/mol. The molecule has 13 heavy (non-hydrogen) atoms. The van der Waals surface area contributed by atoms with Crippen molar-refractivity contribution < 1.29 is 17.6 Å². The smallest absolute Gasteiger partial charge is 0.207 e. The highest BCUT2D eigenvalue weighted by atomic mass is 35.5. The normalized spacial score (nSPS) is 11.8. The number of halogens is 5. The zero-order chi connectivity index (χ0) is 10.2. The third-order valence-corrected chi connectivity index (χ3v) is 2.01. The van der Waals surface area contributed by atoms with E-state index in [9.17, 15) is 17.6 Å². The molecular weight excluding hydrogens is 208 g/mol. The molecule has 5 heteroatoms. The van der Waals surface area contributed by atoms with Crippen LogP contribution in [0.25, 0.3) is 0 Å². The first-order valence-electron chi connectivity index (χ1n) is 3.27. The topological polar surface area (TPSA) is 0 Å². The average molecular weight is 212 g/mol. The summed E-state index contributed by atoms with van der Waals surface area (Å²) in [7, 11) is 0. The third kappa shape index (κ3) is 1.94. The van der Waals surface area contributed by atoms with Gasteiger partial charge in [0.25, 0.3) is 0 Å². The Morgan fingerprint density at radius 1 is 1.38 bits per heavy atom. The van der Waals surface area contributed by atoms with E-state index < -0.39 is 22.6 Å². The zero-order valence-corrected chi connectivity index (χ0v) is 7.22. The molecule has 0 aliphatic heterocycles. The summed E-state index contributed by atoms with van der Waals surface area (Å²) in [5.41, 5.74) is -1.35. The van der Waals surface area contributed by atoms with Crippen molar-refractivity contribution in [3.05, 3.63) is 34.1 Å². The molecule has 0 aliphatic rings. The summed E-state index contributed by atoms with van der Waals surface area (Å²) >= 11 is 5.29. The van der Waals surface area contributed by atoms with Crippen molar-refractivity contribution in [1.29, 1.82) is 0 Å². The molecule has 0 spiro atoms. The molecule has 0 saturated carbocycles. The predicted octanol–water partition coefficient (Wildman–Crippen LogP) is 3.61. The van der Waals surface area contributed by atoms with Crippen LogP contribution in [0.2, 0.25) is 5.02 Å². The third-order valence-electron chi connectivity index (χ3n) is 1.53. The van der Waals surface area contributed by atoms with E-state index in [4.69, 9.17) is 11.6 Å². The van der Waals surface area contributed by atoms with Gasteiger partial charge in [0, 0.05) is 5.56 Å². The largest absolute Gasteiger partial charge is 0.418 e. The summed E-state index contributed by atoms with van der Waals surface area (Å²) in [6.07, 6.45) is -4.59. The fraction of sp³-hybridized carbons (Fsp3) is 0.250. The molecule has 0 amide bonds. The molecule has 0 unspecified atom stereocenters. The molecule has 0 aliphatic carbocycles. The SMILES string of the molecule is Cc1c(F)c[c]c(C(F)(F)F)c1Cl. The van der Waals surface area contributed by atoms with Gasteiger partial charge in [-0.1, -0.05) is 11.6 Å². The van der Waals surface area contributed by atoms with Crippen LogP contribution in [0.15, 0.2) is 6.07 Å². The van der Waals surface area contributed by atoms with Gasteiger partial charge in [0.2, 0.25) is 0 Å². The van der Waals surface area contributed by atoms with Crippen LogP contribution in [0, 0.1) is 18.8 Å². The lowest BCUT2D eigenvalue weighted by Crippen LogP contribution is -2.07. The highest BCUT2D eigenvalue weighted by Crippen LogP contribution is 2.36. The molecule has 71 valence electrons. The molecule has 0 nitrogen and oxygen atoms in total. The van der Waals surface area contributed by atoms with Gasteiger partial charge in [-0.15, -0.1) is 0 Å². The Bertz CT molecular complexity index is 330. The van der Waals surface area contributed by atoms with Gasteiger partial charge in [0.05, 0.1) is 10.6 Å². The summed E-state index contributed by atoms with van der Waals surface area (Å²) in [5, 5.41) is -0.632. The van der Waals surface area contributed by atoms with Gasteiger partial charge in [0.15, 0.2) is 0 Å². The van der Waals surface area contributed by atoms with Crippen LogP contribution in [-0.2, 0) is 6.18 Å². The highest BCUT2D eigenvalue weighted by Gasteiger charge is 2.34. The average Bonchev–Trinajstić information content (AvgIpc) is 1.98. The number of hydrogen-bond donors (Lipinski definition) is 0. The molecule has 0 aromatic heterocycles. The van der Waals surface area contributed by atoms with Crippen LogP contribution in [-0.4, -0.2) is 0 Å². The molecule has 0 fully saturated rings. The number of benzene rings is 1. The van der Waals surface area contributed by atoms with Crippen LogP contribution in [0.3, 0.4) is 0 Å². The maximum Gasteiger partial charge on any atom is 0.418 e. The van der Waals surface area contributed by atoms with Crippen molar-refractivity contribution in [3.8, 4) is 0 Å². The molecule has 0 bridgehead atoms. The van der Waals surface area contributed by atoms with Gasteiger partial charge >= 0.3 is 6.18 Å². The Balaban J connectivity index is 3.35. The van der Waals surface area contributed by atoms with Crippen LogP contribution >= 0.6 is 11.6 Å². The van der Waals surface area contributed by atoms with E-state index >= 15 is 0 Å². The first-order chi connectivity index (χ1) is 5.84. The van der Waals surface area contributed by atoms with E-state index in [2.05, 4.69) is 0 Å². The highest BCUT2D eigenvalue weighted by molar-refractivity contribution is 6.32. The minimum atomic E-state index is -4.59. The first kappa shape index (κ1) is 10.3. The summed E-state index contributed by atoms with van der Waals surface area (Å²) in [5.74, 6) is -0.794. The maximum absolute atomic E-state index is 12.7. The lowest BCUT2D eigenvalue weighted by Gasteiger charge is -2.09. The van der Waals surface area contributed by atoms with E-state index in [1.54, 1.807) is 6.07 Å². The molecule has 0 atom stereocenters.